The van der Waals surface area contributed by atoms with Crippen LogP contribution in [0, 0.1) is 5.92 Å². The number of carbonyl (C=O) groups is 1. The molecule has 1 aliphatic carbocycles. The zero-order chi connectivity index (χ0) is 13.2. The number of hydrogen-bond donors (Lipinski definition) is 1. The Morgan fingerprint density at radius 3 is 2.79 bits per heavy atom. The minimum atomic E-state index is 0.148. The van der Waals surface area contributed by atoms with Crippen LogP contribution in [0.5, 0.6) is 5.75 Å². The smallest absolute Gasteiger partial charge is 0.167 e. The quantitative estimate of drug-likeness (QED) is 0.887. The van der Waals surface area contributed by atoms with Crippen LogP contribution >= 0.6 is 0 Å². The van der Waals surface area contributed by atoms with E-state index in [0.717, 1.165) is 43.6 Å². The third-order valence-electron chi connectivity index (χ3n) is 4.41. The van der Waals surface area contributed by atoms with E-state index < -0.39 is 0 Å². The van der Waals surface area contributed by atoms with Gasteiger partial charge in [0.25, 0.3) is 0 Å². The molecule has 1 heterocycles. The molecule has 102 valence electrons. The number of ketones is 1. The van der Waals surface area contributed by atoms with E-state index in [1.807, 2.05) is 0 Å². The van der Waals surface area contributed by atoms with Gasteiger partial charge in [-0.3, -0.25) is 4.79 Å². The Morgan fingerprint density at radius 1 is 1.21 bits per heavy atom. The highest BCUT2D eigenvalue weighted by molar-refractivity contribution is 6.00. The minimum absolute atomic E-state index is 0.148. The van der Waals surface area contributed by atoms with Gasteiger partial charge >= 0.3 is 0 Å². The molecule has 0 amide bonds. The maximum Gasteiger partial charge on any atom is 0.167 e. The number of phenolic OH excluding ortho intramolecular Hbond substituents is 1. The van der Waals surface area contributed by atoms with Crippen LogP contribution in [0.4, 0.5) is 0 Å². The number of likely N-dealkylation sites (tertiary alicyclic amines) is 1. The third-order valence-corrected chi connectivity index (χ3v) is 4.41. The van der Waals surface area contributed by atoms with Crippen LogP contribution in [0.1, 0.15) is 41.6 Å². The summed E-state index contributed by atoms with van der Waals surface area (Å²) in [6.07, 6.45) is 5.70. The van der Waals surface area contributed by atoms with Gasteiger partial charge < -0.3 is 10.0 Å². The SMILES string of the molecule is O=C1c2ccc(O)cc2CCC1CN1CCCCC1. The van der Waals surface area contributed by atoms with Crippen molar-refractivity contribution in [3.05, 3.63) is 29.3 Å². The molecule has 1 atom stereocenters. The maximum absolute atomic E-state index is 12.5. The molecule has 0 spiro atoms. The van der Waals surface area contributed by atoms with Crippen molar-refractivity contribution < 1.29 is 9.90 Å². The van der Waals surface area contributed by atoms with Crippen molar-refractivity contribution in [2.24, 2.45) is 5.92 Å². The van der Waals surface area contributed by atoms with Gasteiger partial charge in [0.15, 0.2) is 5.78 Å². The van der Waals surface area contributed by atoms with E-state index in [1.165, 1.54) is 19.3 Å². The van der Waals surface area contributed by atoms with Gasteiger partial charge in [-0.05, 0) is 62.5 Å². The van der Waals surface area contributed by atoms with E-state index in [1.54, 1.807) is 18.2 Å². The van der Waals surface area contributed by atoms with Crippen LogP contribution < -0.4 is 0 Å². The summed E-state index contributed by atoms with van der Waals surface area (Å²) in [5.41, 5.74) is 1.84. The lowest BCUT2D eigenvalue weighted by molar-refractivity contribution is 0.0845. The van der Waals surface area contributed by atoms with Crippen LogP contribution in [0.3, 0.4) is 0 Å². The lowest BCUT2D eigenvalue weighted by atomic mass is 9.82. The summed E-state index contributed by atoms with van der Waals surface area (Å²) >= 11 is 0. The van der Waals surface area contributed by atoms with Gasteiger partial charge in [-0.15, -0.1) is 0 Å². The van der Waals surface area contributed by atoms with Crippen LogP contribution in [-0.2, 0) is 6.42 Å². The first-order valence-electron chi connectivity index (χ1n) is 7.32. The number of aryl methyl sites for hydroxylation is 1. The molecule has 0 aromatic heterocycles. The molecular formula is C16H21NO2. The molecule has 1 saturated heterocycles. The highest BCUT2D eigenvalue weighted by Gasteiger charge is 2.29. The standard InChI is InChI=1S/C16H21NO2/c18-14-6-7-15-12(10-14)4-5-13(16(15)19)11-17-8-2-1-3-9-17/h6-7,10,13,18H,1-5,8-9,11H2. The number of phenols is 1. The lowest BCUT2D eigenvalue weighted by Gasteiger charge is -2.32. The molecule has 3 heteroatoms. The molecule has 3 nitrogen and oxygen atoms in total. The molecule has 1 aromatic carbocycles. The van der Waals surface area contributed by atoms with Crippen LogP contribution in [-0.4, -0.2) is 35.4 Å². The van der Waals surface area contributed by atoms with E-state index in [-0.39, 0.29) is 17.5 Å². The Morgan fingerprint density at radius 2 is 2.00 bits per heavy atom. The summed E-state index contributed by atoms with van der Waals surface area (Å²) in [4.78, 5) is 14.9. The zero-order valence-electron chi connectivity index (χ0n) is 11.3. The first-order valence-corrected chi connectivity index (χ1v) is 7.32. The number of piperidine rings is 1. The number of Topliss-reactive ketones (excluding diaryl/α,β-unsaturated/α-hetero) is 1. The number of fused-ring (bicyclic) bond motifs is 1. The fourth-order valence-corrected chi connectivity index (χ4v) is 3.34. The maximum atomic E-state index is 12.5. The third kappa shape index (κ3) is 2.66. The highest BCUT2D eigenvalue weighted by Crippen LogP contribution is 2.29. The van der Waals surface area contributed by atoms with Crippen molar-refractivity contribution in [1.82, 2.24) is 4.90 Å². The zero-order valence-corrected chi connectivity index (χ0v) is 11.3. The highest BCUT2D eigenvalue weighted by atomic mass is 16.3. The Bertz CT molecular complexity index is 478. The molecule has 0 saturated carbocycles. The van der Waals surface area contributed by atoms with Crippen LogP contribution in [0.2, 0.25) is 0 Å². The van der Waals surface area contributed by atoms with Gasteiger partial charge in [0.1, 0.15) is 5.75 Å². The Kier molecular flexibility index (Phi) is 3.56. The van der Waals surface area contributed by atoms with E-state index in [2.05, 4.69) is 4.90 Å². The van der Waals surface area contributed by atoms with E-state index in [4.69, 9.17) is 0 Å². The molecule has 19 heavy (non-hydrogen) atoms. The normalized spacial score (nSPS) is 24.2. The van der Waals surface area contributed by atoms with Crippen molar-refractivity contribution in [2.45, 2.75) is 32.1 Å². The Balaban J connectivity index is 1.72. The van der Waals surface area contributed by atoms with Crippen molar-refractivity contribution >= 4 is 5.78 Å². The number of carbonyl (C=O) groups excluding carboxylic acids is 1. The molecule has 2 aliphatic rings. The molecule has 1 N–H and O–H groups in total. The van der Waals surface area contributed by atoms with E-state index in [9.17, 15) is 9.90 Å². The second-order valence-corrected chi connectivity index (χ2v) is 5.80. The Labute approximate surface area is 114 Å². The molecule has 0 radical (unpaired) electrons. The molecule has 1 aromatic rings. The summed E-state index contributed by atoms with van der Waals surface area (Å²) in [7, 11) is 0. The average molecular weight is 259 g/mol. The number of aromatic hydroxyl groups is 1. The minimum Gasteiger partial charge on any atom is -0.508 e. The second kappa shape index (κ2) is 5.33. The first kappa shape index (κ1) is 12.7. The Hall–Kier alpha value is -1.35. The molecular weight excluding hydrogens is 238 g/mol. The van der Waals surface area contributed by atoms with Gasteiger partial charge in [0, 0.05) is 18.0 Å². The summed E-state index contributed by atoms with van der Waals surface area (Å²) in [5.74, 6) is 0.683. The van der Waals surface area contributed by atoms with E-state index >= 15 is 0 Å². The monoisotopic (exact) mass is 259 g/mol. The van der Waals surface area contributed by atoms with Crippen molar-refractivity contribution in [2.75, 3.05) is 19.6 Å². The van der Waals surface area contributed by atoms with Crippen molar-refractivity contribution in [3.8, 4) is 5.75 Å². The van der Waals surface area contributed by atoms with Crippen molar-refractivity contribution in [3.63, 3.8) is 0 Å². The topological polar surface area (TPSA) is 40.5 Å². The predicted octanol–water partition coefficient (Wildman–Crippen LogP) is 2.62. The predicted molar refractivity (Wildman–Crippen MR) is 74.5 cm³/mol. The summed E-state index contributed by atoms with van der Waals surface area (Å²) in [6, 6.07) is 5.15. The fourth-order valence-electron chi connectivity index (χ4n) is 3.34. The number of nitrogens with zero attached hydrogens (tertiary/aromatic N) is 1. The molecule has 1 unspecified atom stereocenters. The number of benzene rings is 1. The van der Waals surface area contributed by atoms with Crippen LogP contribution in [0.25, 0.3) is 0 Å². The summed E-state index contributed by atoms with van der Waals surface area (Å²) in [5, 5.41) is 9.48. The molecule has 0 bridgehead atoms. The van der Waals surface area contributed by atoms with Gasteiger partial charge in [-0.2, -0.15) is 0 Å². The van der Waals surface area contributed by atoms with Gasteiger partial charge in [0.2, 0.25) is 0 Å². The lowest BCUT2D eigenvalue weighted by Crippen LogP contribution is -2.38. The van der Waals surface area contributed by atoms with Crippen molar-refractivity contribution in [1.29, 1.82) is 0 Å². The van der Waals surface area contributed by atoms with Gasteiger partial charge in [-0.25, -0.2) is 0 Å². The van der Waals surface area contributed by atoms with E-state index in [0.29, 0.717) is 0 Å². The van der Waals surface area contributed by atoms with Crippen LogP contribution in [0.15, 0.2) is 18.2 Å². The first-order chi connectivity index (χ1) is 9.24. The number of hydrogen-bond acceptors (Lipinski definition) is 3. The largest absolute Gasteiger partial charge is 0.508 e. The average Bonchev–Trinajstić information content (AvgIpc) is 2.43. The molecule has 1 aliphatic heterocycles. The molecule has 3 rings (SSSR count). The summed E-state index contributed by atoms with van der Waals surface area (Å²) < 4.78 is 0. The fraction of sp³-hybridized carbons (Fsp3) is 0.562. The molecule has 1 fully saturated rings. The number of rotatable bonds is 2. The second-order valence-electron chi connectivity index (χ2n) is 5.80. The van der Waals surface area contributed by atoms with Gasteiger partial charge in [0.05, 0.1) is 0 Å². The van der Waals surface area contributed by atoms with Gasteiger partial charge in [-0.1, -0.05) is 6.42 Å². The summed E-state index contributed by atoms with van der Waals surface area (Å²) in [6.45, 7) is 3.21.